The Morgan fingerprint density at radius 3 is 2.84 bits per heavy atom. The normalized spacial score (nSPS) is 22.2. The SMILES string of the molecule is CC1NC(=O)NC2=C1C(=O)N(CCCCC(=O)O)C2. The van der Waals surface area contributed by atoms with E-state index in [9.17, 15) is 14.4 Å². The molecular weight excluding hydrogens is 250 g/mol. The molecule has 0 radical (unpaired) electrons. The van der Waals surface area contributed by atoms with Gasteiger partial charge in [-0.05, 0) is 19.8 Å². The molecule has 104 valence electrons. The summed E-state index contributed by atoms with van der Waals surface area (Å²) in [7, 11) is 0. The van der Waals surface area contributed by atoms with Crippen LogP contribution in [0.3, 0.4) is 0 Å². The van der Waals surface area contributed by atoms with Crippen LogP contribution in [0.2, 0.25) is 0 Å². The highest BCUT2D eigenvalue weighted by molar-refractivity contribution is 6.01. The van der Waals surface area contributed by atoms with E-state index in [0.717, 1.165) is 0 Å². The van der Waals surface area contributed by atoms with Gasteiger partial charge >= 0.3 is 12.0 Å². The molecule has 19 heavy (non-hydrogen) atoms. The lowest BCUT2D eigenvalue weighted by molar-refractivity contribution is -0.137. The van der Waals surface area contributed by atoms with Crippen molar-refractivity contribution in [3.05, 3.63) is 11.3 Å². The number of hydrogen-bond acceptors (Lipinski definition) is 3. The molecule has 2 rings (SSSR count). The molecular formula is C12H17N3O4. The Bertz CT molecular complexity index is 458. The summed E-state index contributed by atoms with van der Waals surface area (Å²) in [6.45, 7) is 2.70. The quantitative estimate of drug-likeness (QED) is 0.612. The zero-order valence-corrected chi connectivity index (χ0v) is 10.7. The molecule has 0 aromatic rings. The predicted octanol–water partition coefficient (Wildman–Crippen LogP) is 0.0389. The second kappa shape index (κ2) is 5.29. The van der Waals surface area contributed by atoms with E-state index in [1.54, 1.807) is 11.8 Å². The Labute approximate surface area is 110 Å². The fourth-order valence-corrected chi connectivity index (χ4v) is 2.40. The number of carbonyl (C=O) groups excluding carboxylic acids is 2. The van der Waals surface area contributed by atoms with Crippen LogP contribution in [0.1, 0.15) is 26.2 Å². The van der Waals surface area contributed by atoms with Crippen LogP contribution in [-0.4, -0.2) is 47.0 Å². The van der Waals surface area contributed by atoms with Crippen molar-refractivity contribution >= 4 is 17.9 Å². The fourth-order valence-electron chi connectivity index (χ4n) is 2.40. The first-order chi connectivity index (χ1) is 8.99. The molecule has 7 nitrogen and oxygen atoms in total. The molecule has 0 bridgehead atoms. The van der Waals surface area contributed by atoms with E-state index in [4.69, 9.17) is 5.11 Å². The Hall–Kier alpha value is -2.05. The fraction of sp³-hybridized carbons (Fsp3) is 0.583. The number of nitrogens with one attached hydrogen (secondary N) is 2. The van der Waals surface area contributed by atoms with Crippen LogP contribution in [-0.2, 0) is 9.59 Å². The highest BCUT2D eigenvalue weighted by Crippen LogP contribution is 2.23. The molecule has 2 aliphatic rings. The minimum Gasteiger partial charge on any atom is -0.481 e. The predicted molar refractivity (Wildman–Crippen MR) is 66.2 cm³/mol. The number of carboxylic acids is 1. The average Bonchev–Trinajstić information content (AvgIpc) is 2.61. The minimum atomic E-state index is -0.824. The number of unbranched alkanes of at least 4 members (excludes halogenated alkanes) is 1. The number of aliphatic carboxylic acids is 1. The van der Waals surface area contributed by atoms with Crippen LogP contribution in [0.15, 0.2) is 11.3 Å². The largest absolute Gasteiger partial charge is 0.481 e. The average molecular weight is 267 g/mol. The second-order valence-corrected chi connectivity index (χ2v) is 4.79. The molecule has 0 aromatic carbocycles. The van der Waals surface area contributed by atoms with Crippen molar-refractivity contribution in [2.45, 2.75) is 32.2 Å². The van der Waals surface area contributed by atoms with Gasteiger partial charge in [-0.1, -0.05) is 0 Å². The molecule has 0 saturated carbocycles. The molecule has 1 unspecified atom stereocenters. The zero-order valence-electron chi connectivity index (χ0n) is 10.7. The zero-order chi connectivity index (χ0) is 14.0. The molecule has 1 atom stereocenters. The topological polar surface area (TPSA) is 98.7 Å². The molecule has 2 aliphatic heterocycles. The van der Waals surface area contributed by atoms with Crippen molar-refractivity contribution < 1.29 is 19.5 Å². The van der Waals surface area contributed by atoms with Crippen molar-refractivity contribution in [3.63, 3.8) is 0 Å². The number of hydrogen-bond donors (Lipinski definition) is 3. The van der Waals surface area contributed by atoms with Gasteiger partial charge in [0.25, 0.3) is 5.91 Å². The van der Waals surface area contributed by atoms with Crippen LogP contribution < -0.4 is 10.6 Å². The van der Waals surface area contributed by atoms with Gasteiger partial charge in [-0.25, -0.2) is 4.79 Å². The summed E-state index contributed by atoms with van der Waals surface area (Å²) in [5.74, 6) is -0.902. The highest BCUT2D eigenvalue weighted by atomic mass is 16.4. The minimum absolute atomic E-state index is 0.0784. The van der Waals surface area contributed by atoms with Gasteiger partial charge in [-0.2, -0.15) is 0 Å². The maximum absolute atomic E-state index is 12.1. The van der Waals surface area contributed by atoms with Crippen molar-refractivity contribution in [3.8, 4) is 0 Å². The third-order valence-electron chi connectivity index (χ3n) is 3.31. The molecule has 0 aromatic heterocycles. The van der Waals surface area contributed by atoms with Crippen LogP contribution in [0.5, 0.6) is 0 Å². The first kappa shape index (κ1) is 13.4. The van der Waals surface area contributed by atoms with Gasteiger partial charge in [0, 0.05) is 18.7 Å². The lowest BCUT2D eigenvalue weighted by Gasteiger charge is -2.21. The van der Waals surface area contributed by atoms with E-state index in [0.29, 0.717) is 37.2 Å². The van der Waals surface area contributed by atoms with Crippen LogP contribution in [0.25, 0.3) is 0 Å². The Morgan fingerprint density at radius 1 is 1.42 bits per heavy atom. The summed E-state index contributed by atoms with van der Waals surface area (Å²) in [5.41, 5.74) is 1.28. The highest BCUT2D eigenvalue weighted by Gasteiger charge is 2.37. The number of urea groups is 1. The Kier molecular flexibility index (Phi) is 3.73. The molecule has 2 heterocycles. The summed E-state index contributed by atoms with van der Waals surface area (Å²) in [6, 6.07) is -0.563. The third kappa shape index (κ3) is 2.86. The molecule has 0 aliphatic carbocycles. The number of carbonyl (C=O) groups is 3. The van der Waals surface area contributed by atoms with Crippen LogP contribution >= 0.6 is 0 Å². The second-order valence-electron chi connectivity index (χ2n) is 4.79. The van der Waals surface area contributed by atoms with Gasteiger partial charge in [0.1, 0.15) is 0 Å². The molecule has 7 heteroatoms. The molecule has 0 fully saturated rings. The molecule has 0 saturated heterocycles. The number of amides is 3. The van der Waals surface area contributed by atoms with E-state index < -0.39 is 5.97 Å². The summed E-state index contributed by atoms with van der Waals surface area (Å²) in [5, 5.41) is 13.8. The first-order valence-electron chi connectivity index (χ1n) is 6.30. The van der Waals surface area contributed by atoms with Crippen molar-refractivity contribution in [1.29, 1.82) is 0 Å². The van der Waals surface area contributed by atoms with E-state index in [1.807, 2.05) is 0 Å². The summed E-state index contributed by atoms with van der Waals surface area (Å²) >= 11 is 0. The monoisotopic (exact) mass is 267 g/mol. The molecule has 3 amide bonds. The van der Waals surface area contributed by atoms with Gasteiger partial charge in [0.05, 0.1) is 18.2 Å². The van der Waals surface area contributed by atoms with Gasteiger partial charge in [0.15, 0.2) is 0 Å². The van der Waals surface area contributed by atoms with Gasteiger partial charge < -0.3 is 20.6 Å². The maximum atomic E-state index is 12.1. The number of rotatable bonds is 5. The van der Waals surface area contributed by atoms with Crippen molar-refractivity contribution in [1.82, 2.24) is 15.5 Å². The number of carboxylic acid groups (broad SMARTS) is 1. The lowest BCUT2D eigenvalue weighted by atomic mass is 10.1. The van der Waals surface area contributed by atoms with E-state index in [1.165, 1.54) is 0 Å². The standard InChI is InChI=1S/C12H17N3O4/c1-7-10-8(14-12(19)13-7)6-15(11(10)18)5-3-2-4-9(16)17/h7H,2-6H2,1H3,(H,16,17)(H2,13,14,19). The van der Waals surface area contributed by atoms with E-state index >= 15 is 0 Å². The van der Waals surface area contributed by atoms with E-state index in [-0.39, 0.29) is 24.4 Å². The Balaban J connectivity index is 1.89. The van der Waals surface area contributed by atoms with Gasteiger partial charge in [0.2, 0.25) is 0 Å². The summed E-state index contributed by atoms with van der Waals surface area (Å²) in [6.07, 6.45) is 1.31. The first-order valence-corrected chi connectivity index (χ1v) is 6.30. The smallest absolute Gasteiger partial charge is 0.319 e. The van der Waals surface area contributed by atoms with Crippen molar-refractivity contribution in [2.75, 3.05) is 13.1 Å². The van der Waals surface area contributed by atoms with Crippen LogP contribution in [0, 0.1) is 0 Å². The van der Waals surface area contributed by atoms with Gasteiger partial charge in [-0.3, -0.25) is 9.59 Å². The molecule has 3 N–H and O–H groups in total. The van der Waals surface area contributed by atoms with Crippen molar-refractivity contribution in [2.24, 2.45) is 0 Å². The number of nitrogens with zero attached hydrogens (tertiary/aromatic N) is 1. The Morgan fingerprint density at radius 2 is 2.16 bits per heavy atom. The summed E-state index contributed by atoms with van der Waals surface area (Å²) in [4.78, 5) is 35.5. The third-order valence-corrected chi connectivity index (χ3v) is 3.31. The lowest BCUT2D eigenvalue weighted by Crippen LogP contribution is -2.47. The maximum Gasteiger partial charge on any atom is 0.319 e. The summed E-state index contributed by atoms with van der Waals surface area (Å²) < 4.78 is 0. The van der Waals surface area contributed by atoms with E-state index in [2.05, 4.69) is 10.6 Å². The van der Waals surface area contributed by atoms with Crippen LogP contribution in [0.4, 0.5) is 4.79 Å². The molecule has 0 spiro atoms. The van der Waals surface area contributed by atoms with Gasteiger partial charge in [-0.15, -0.1) is 0 Å².